The van der Waals surface area contributed by atoms with Gasteiger partial charge < -0.3 is 10.2 Å². The van der Waals surface area contributed by atoms with Crippen LogP contribution in [-0.2, 0) is 18.0 Å². The van der Waals surface area contributed by atoms with Crippen LogP contribution < -0.4 is 10.9 Å². The van der Waals surface area contributed by atoms with E-state index in [2.05, 4.69) is 10.4 Å². The highest BCUT2D eigenvalue weighted by atomic mass is 19.4. The number of hydrogen-bond acceptors (Lipinski definition) is 5. The molecule has 13 heteroatoms. The van der Waals surface area contributed by atoms with Crippen molar-refractivity contribution in [2.24, 2.45) is 7.05 Å². The molecule has 230 valence electrons. The summed E-state index contributed by atoms with van der Waals surface area (Å²) in [5.74, 6) is -1.19. The summed E-state index contributed by atoms with van der Waals surface area (Å²) >= 11 is 0. The number of rotatable bonds is 10. The van der Waals surface area contributed by atoms with Crippen LogP contribution in [0.25, 0.3) is 22.8 Å². The van der Waals surface area contributed by atoms with Gasteiger partial charge in [0.25, 0.3) is 11.5 Å². The number of nitriles is 1. The van der Waals surface area contributed by atoms with Crippen LogP contribution in [0, 0.1) is 11.3 Å². The van der Waals surface area contributed by atoms with Crippen LogP contribution in [0.2, 0.25) is 0 Å². The molecule has 2 amide bonds. The molecule has 1 atom stereocenters. The molecule has 2 heterocycles. The van der Waals surface area contributed by atoms with E-state index in [4.69, 9.17) is 0 Å². The van der Waals surface area contributed by atoms with Crippen LogP contribution >= 0.6 is 0 Å². The summed E-state index contributed by atoms with van der Waals surface area (Å²) in [5, 5.41) is 16.2. The van der Waals surface area contributed by atoms with E-state index in [1.54, 1.807) is 35.2 Å². The zero-order valence-corrected chi connectivity index (χ0v) is 24.7. The number of hydrogen-bond donors (Lipinski definition) is 1. The van der Waals surface area contributed by atoms with Crippen molar-refractivity contribution in [2.45, 2.75) is 45.8 Å². The third-order valence-corrected chi connectivity index (χ3v) is 7.05. The molecule has 0 saturated heterocycles. The lowest BCUT2D eigenvalue weighted by Crippen LogP contribution is -2.48. The fourth-order valence-corrected chi connectivity index (χ4v) is 5.05. The molecule has 0 saturated carbocycles. The smallest absolute Gasteiger partial charge is 0.341 e. The summed E-state index contributed by atoms with van der Waals surface area (Å²) < 4.78 is 44.5. The lowest BCUT2D eigenvalue weighted by Gasteiger charge is -2.25. The molecule has 0 aliphatic carbocycles. The molecule has 0 aliphatic rings. The molecule has 4 aromatic rings. The van der Waals surface area contributed by atoms with E-state index in [0.717, 1.165) is 29.7 Å². The maximum Gasteiger partial charge on any atom is 0.416 e. The number of halogens is 3. The van der Waals surface area contributed by atoms with Gasteiger partial charge >= 0.3 is 6.18 Å². The quantitative estimate of drug-likeness (QED) is 0.281. The summed E-state index contributed by atoms with van der Waals surface area (Å²) in [6, 6.07) is 13.2. The van der Waals surface area contributed by atoms with Crippen molar-refractivity contribution < 1.29 is 22.8 Å². The van der Waals surface area contributed by atoms with E-state index in [9.17, 15) is 32.8 Å². The zero-order valence-electron chi connectivity index (χ0n) is 24.7. The van der Waals surface area contributed by atoms with Crippen molar-refractivity contribution in [3.05, 3.63) is 87.8 Å². The number of benzene rings is 2. The first-order chi connectivity index (χ1) is 20.9. The lowest BCUT2D eigenvalue weighted by atomic mass is 10.1. The summed E-state index contributed by atoms with van der Waals surface area (Å²) in [4.78, 5) is 42.6. The Hall–Kier alpha value is -5.12. The van der Waals surface area contributed by atoms with Gasteiger partial charge in [-0.25, -0.2) is 9.36 Å². The van der Waals surface area contributed by atoms with Crippen molar-refractivity contribution in [2.75, 3.05) is 13.1 Å². The molecule has 0 aliphatic heterocycles. The van der Waals surface area contributed by atoms with Crippen LogP contribution in [0.1, 0.15) is 55.1 Å². The highest BCUT2D eigenvalue weighted by molar-refractivity contribution is 6.02. The van der Waals surface area contributed by atoms with E-state index in [-0.39, 0.29) is 28.5 Å². The third-order valence-electron chi connectivity index (χ3n) is 7.05. The van der Waals surface area contributed by atoms with Gasteiger partial charge in [-0.2, -0.15) is 23.5 Å². The Kier molecular flexibility index (Phi) is 9.42. The molecule has 2 aromatic carbocycles. The van der Waals surface area contributed by atoms with Crippen LogP contribution in [0.4, 0.5) is 13.2 Å². The minimum Gasteiger partial charge on any atom is -0.341 e. The standard InChI is InChI=1S/C31H32F3N7O3/c1-5-16-39(17-6-2)29(43)20(3)37-28(42)26-27(25-14-15-36-40(25)23-12-10-21(19-35)11-13-23)38(4)41(30(26)44)24-9-7-8-22(18-24)31(32,33)34/h7-15,18,20H,5-6,16-17H2,1-4H3,(H,37,42)/t20-/m0/s1. The Morgan fingerprint density at radius 2 is 1.70 bits per heavy atom. The van der Waals surface area contributed by atoms with Gasteiger partial charge in [-0.3, -0.25) is 19.1 Å². The molecule has 44 heavy (non-hydrogen) atoms. The molecular formula is C31H32F3N7O3. The highest BCUT2D eigenvalue weighted by Crippen LogP contribution is 2.31. The van der Waals surface area contributed by atoms with E-state index < -0.39 is 29.2 Å². The average Bonchev–Trinajstić information content (AvgIpc) is 3.57. The van der Waals surface area contributed by atoms with Gasteiger partial charge in [0.05, 0.1) is 40.5 Å². The van der Waals surface area contributed by atoms with Crippen molar-refractivity contribution in [1.29, 1.82) is 5.26 Å². The summed E-state index contributed by atoms with van der Waals surface area (Å²) in [6.07, 6.45) is -1.78. The first-order valence-corrected chi connectivity index (χ1v) is 14.1. The van der Waals surface area contributed by atoms with E-state index >= 15 is 0 Å². The SMILES string of the molecule is CCCN(CCC)C(=O)[C@H](C)NC(=O)c1c(-c2ccnn2-c2ccc(C#N)cc2)n(C)n(-c2cccc(C(F)(F)F)c2)c1=O. The molecule has 1 N–H and O–H groups in total. The zero-order chi connectivity index (χ0) is 32.2. The lowest BCUT2D eigenvalue weighted by molar-refractivity contribution is -0.137. The first kappa shape index (κ1) is 31.8. The number of amides is 2. The number of carbonyl (C=O) groups excluding carboxylic acids is 2. The largest absolute Gasteiger partial charge is 0.416 e. The van der Waals surface area contributed by atoms with Gasteiger partial charge in [0.1, 0.15) is 17.3 Å². The van der Waals surface area contributed by atoms with Gasteiger partial charge in [0.15, 0.2) is 0 Å². The van der Waals surface area contributed by atoms with Gasteiger partial charge in [0.2, 0.25) is 5.91 Å². The minimum atomic E-state index is -4.67. The minimum absolute atomic E-state index is 0.0605. The number of carbonyl (C=O) groups is 2. The first-order valence-electron chi connectivity index (χ1n) is 14.1. The Morgan fingerprint density at radius 3 is 2.30 bits per heavy atom. The highest BCUT2D eigenvalue weighted by Gasteiger charge is 2.33. The van der Waals surface area contributed by atoms with Gasteiger partial charge in [-0.15, -0.1) is 0 Å². The van der Waals surface area contributed by atoms with Crippen LogP contribution in [0.3, 0.4) is 0 Å². The third kappa shape index (κ3) is 6.29. The second kappa shape index (κ2) is 13.0. The predicted molar refractivity (Wildman–Crippen MR) is 157 cm³/mol. The van der Waals surface area contributed by atoms with E-state index in [0.29, 0.717) is 24.3 Å². The maximum absolute atomic E-state index is 14.0. The second-order valence-electron chi connectivity index (χ2n) is 10.2. The van der Waals surface area contributed by atoms with Crippen molar-refractivity contribution in [3.8, 4) is 28.8 Å². The van der Waals surface area contributed by atoms with Crippen LogP contribution in [0.15, 0.2) is 65.6 Å². The molecular weight excluding hydrogens is 575 g/mol. The molecule has 0 spiro atoms. The number of aromatic nitrogens is 4. The topological polar surface area (TPSA) is 118 Å². The fourth-order valence-electron chi connectivity index (χ4n) is 5.05. The number of nitrogens with one attached hydrogen (secondary N) is 1. The normalized spacial score (nSPS) is 12.0. The van der Waals surface area contributed by atoms with E-state index in [1.165, 1.54) is 41.7 Å². The molecule has 0 fully saturated rings. The predicted octanol–water partition coefficient (Wildman–Crippen LogP) is 4.69. The van der Waals surface area contributed by atoms with Crippen molar-refractivity contribution >= 4 is 11.8 Å². The number of alkyl halides is 3. The van der Waals surface area contributed by atoms with Gasteiger partial charge in [0, 0.05) is 20.1 Å². The second-order valence-corrected chi connectivity index (χ2v) is 10.2. The summed E-state index contributed by atoms with van der Waals surface area (Å²) in [5.41, 5.74) is -1.09. The van der Waals surface area contributed by atoms with Crippen LogP contribution in [0.5, 0.6) is 0 Å². The van der Waals surface area contributed by atoms with Gasteiger partial charge in [-0.05, 0) is 68.3 Å². The average molecular weight is 608 g/mol. The molecule has 0 unspecified atom stereocenters. The Labute approximate surface area is 251 Å². The molecule has 0 bridgehead atoms. The molecule has 2 aromatic heterocycles. The molecule has 10 nitrogen and oxygen atoms in total. The van der Waals surface area contributed by atoms with Crippen LogP contribution in [-0.4, -0.2) is 55.0 Å². The molecule has 4 rings (SSSR count). The van der Waals surface area contributed by atoms with Gasteiger partial charge in [-0.1, -0.05) is 19.9 Å². The summed E-state index contributed by atoms with van der Waals surface area (Å²) in [6.45, 7) is 6.38. The fraction of sp³-hybridized carbons (Fsp3) is 0.323. The Balaban J connectivity index is 1.89. The maximum atomic E-state index is 14.0. The van der Waals surface area contributed by atoms with Crippen molar-refractivity contribution in [3.63, 3.8) is 0 Å². The summed E-state index contributed by atoms with van der Waals surface area (Å²) in [7, 11) is 1.45. The van der Waals surface area contributed by atoms with Crippen molar-refractivity contribution in [1.82, 2.24) is 29.4 Å². The Bertz CT molecular complexity index is 1760. The molecule has 0 radical (unpaired) electrons. The monoisotopic (exact) mass is 607 g/mol. The number of nitrogens with zero attached hydrogens (tertiary/aromatic N) is 6. The van der Waals surface area contributed by atoms with E-state index in [1.807, 2.05) is 19.9 Å². The Morgan fingerprint density at radius 1 is 1.05 bits per heavy atom.